The highest BCUT2D eigenvalue weighted by Crippen LogP contribution is 2.29. The van der Waals surface area contributed by atoms with Gasteiger partial charge in [0.25, 0.3) is 0 Å². The number of nitriles is 1. The highest BCUT2D eigenvalue weighted by atomic mass is 16.2. The molecule has 1 saturated heterocycles. The van der Waals surface area contributed by atoms with Crippen molar-refractivity contribution in [1.29, 1.82) is 5.26 Å². The van der Waals surface area contributed by atoms with Crippen molar-refractivity contribution in [3.05, 3.63) is 65.7 Å². The third kappa shape index (κ3) is 3.53. The maximum absolute atomic E-state index is 12.5. The van der Waals surface area contributed by atoms with E-state index in [0.29, 0.717) is 17.8 Å². The number of hydrogen-bond donors (Lipinski definition) is 1. The first-order valence-electron chi connectivity index (χ1n) is 8.24. The molecule has 3 rings (SSSR count). The SMILES string of the molecule is CC(c1ccccc1)N1CC(C(=O)Nc2ccccc2C#N)CC1=O. The Balaban J connectivity index is 1.70. The Kier molecular flexibility index (Phi) is 4.80. The van der Waals surface area contributed by atoms with Gasteiger partial charge in [0, 0.05) is 13.0 Å². The number of rotatable bonds is 4. The van der Waals surface area contributed by atoms with Crippen molar-refractivity contribution in [2.24, 2.45) is 5.92 Å². The van der Waals surface area contributed by atoms with E-state index in [4.69, 9.17) is 5.26 Å². The van der Waals surface area contributed by atoms with Gasteiger partial charge in [0.15, 0.2) is 0 Å². The van der Waals surface area contributed by atoms with Crippen LogP contribution in [0, 0.1) is 17.2 Å². The normalized spacial score (nSPS) is 17.8. The van der Waals surface area contributed by atoms with Crippen LogP contribution in [0.5, 0.6) is 0 Å². The molecule has 1 aliphatic heterocycles. The average Bonchev–Trinajstić information content (AvgIpc) is 3.04. The number of nitrogens with zero attached hydrogens (tertiary/aromatic N) is 2. The Bertz CT molecular complexity index is 826. The van der Waals surface area contributed by atoms with Crippen LogP contribution in [0.3, 0.4) is 0 Å². The molecule has 1 heterocycles. The molecule has 0 aromatic heterocycles. The number of benzene rings is 2. The maximum atomic E-state index is 12.5. The molecule has 126 valence electrons. The van der Waals surface area contributed by atoms with Gasteiger partial charge in [0.2, 0.25) is 11.8 Å². The van der Waals surface area contributed by atoms with Crippen molar-refractivity contribution < 1.29 is 9.59 Å². The molecule has 1 N–H and O–H groups in total. The van der Waals surface area contributed by atoms with Gasteiger partial charge in [-0.05, 0) is 24.6 Å². The number of para-hydroxylation sites is 1. The van der Waals surface area contributed by atoms with Crippen LogP contribution in [0.2, 0.25) is 0 Å². The van der Waals surface area contributed by atoms with Crippen LogP contribution in [0.15, 0.2) is 54.6 Å². The summed E-state index contributed by atoms with van der Waals surface area (Å²) in [6.07, 6.45) is 0.192. The van der Waals surface area contributed by atoms with E-state index in [-0.39, 0.29) is 24.3 Å². The molecule has 5 nitrogen and oxygen atoms in total. The summed E-state index contributed by atoms with van der Waals surface area (Å²) >= 11 is 0. The summed E-state index contributed by atoms with van der Waals surface area (Å²) in [5, 5.41) is 11.9. The molecule has 1 aliphatic rings. The van der Waals surface area contributed by atoms with Crippen LogP contribution < -0.4 is 5.32 Å². The summed E-state index contributed by atoms with van der Waals surface area (Å²) in [7, 11) is 0. The van der Waals surface area contributed by atoms with E-state index in [1.807, 2.05) is 37.3 Å². The molecular weight excluding hydrogens is 314 g/mol. The van der Waals surface area contributed by atoms with E-state index in [1.54, 1.807) is 29.2 Å². The molecule has 25 heavy (non-hydrogen) atoms. The van der Waals surface area contributed by atoms with Crippen molar-refractivity contribution in [2.75, 3.05) is 11.9 Å². The smallest absolute Gasteiger partial charge is 0.229 e. The lowest BCUT2D eigenvalue weighted by molar-refractivity contribution is -0.129. The Morgan fingerprint density at radius 3 is 2.60 bits per heavy atom. The second kappa shape index (κ2) is 7.18. The number of hydrogen-bond acceptors (Lipinski definition) is 3. The van der Waals surface area contributed by atoms with Gasteiger partial charge >= 0.3 is 0 Å². The summed E-state index contributed by atoms with van der Waals surface area (Å²) in [6.45, 7) is 2.36. The summed E-state index contributed by atoms with van der Waals surface area (Å²) in [4.78, 5) is 26.7. The quantitative estimate of drug-likeness (QED) is 0.934. The predicted molar refractivity (Wildman–Crippen MR) is 94.5 cm³/mol. The molecular formula is C20H19N3O2. The van der Waals surface area contributed by atoms with Gasteiger partial charge in [0.05, 0.1) is 23.2 Å². The van der Waals surface area contributed by atoms with E-state index < -0.39 is 5.92 Å². The summed E-state index contributed by atoms with van der Waals surface area (Å²) < 4.78 is 0. The largest absolute Gasteiger partial charge is 0.335 e. The third-order valence-corrected chi connectivity index (χ3v) is 4.58. The minimum absolute atomic E-state index is 0.0231. The molecule has 5 heteroatoms. The first kappa shape index (κ1) is 16.7. The van der Waals surface area contributed by atoms with Gasteiger partial charge in [-0.1, -0.05) is 42.5 Å². The fourth-order valence-corrected chi connectivity index (χ4v) is 3.12. The Morgan fingerprint density at radius 1 is 1.20 bits per heavy atom. The molecule has 0 saturated carbocycles. The fraction of sp³-hybridized carbons (Fsp3) is 0.250. The molecule has 0 radical (unpaired) electrons. The number of anilines is 1. The zero-order valence-electron chi connectivity index (χ0n) is 14.0. The van der Waals surface area contributed by atoms with Crippen LogP contribution in [-0.2, 0) is 9.59 Å². The summed E-state index contributed by atoms with van der Waals surface area (Å²) in [5.74, 6) is -0.658. The Hall–Kier alpha value is -3.13. The van der Waals surface area contributed by atoms with Gasteiger partial charge < -0.3 is 10.2 Å². The number of nitrogens with one attached hydrogen (secondary N) is 1. The lowest BCUT2D eigenvalue weighted by atomic mass is 10.1. The average molecular weight is 333 g/mol. The van der Waals surface area contributed by atoms with Crippen molar-refractivity contribution in [3.8, 4) is 6.07 Å². The Labute approximate surface area is 146 Å². The molecule has 0 bridgehead atoms. The van der Waals surface area contributed by atoms with Crippen LogP contribution in [0.4, 0.5) is 5.69 Å². The lowest BCUT2D eigenvalue weighted by Gasteiger charge is -2.25. The second-order valence-electron chi connectivity index (χ2n) is 6.18. The van der Waals surface area contributed by atoms with Crippen LogP contribution in [0.1, 0.15) is 30.5 Å². The Morgan fingerprint density at radius 2 is 1.88 bits per heavy atom. The lowest BCUT2D eigenvalue weighted by Crippen LogP contribution is -2.30. The van der Waals surface area contributed by atoms with Gasteiger partial charge in [-0.2, -0.15) is 5.26 Å². The number of carbonyl (C=O) groups is 2. The summed E-state index contributed by atoms with van der Waals surface area (Å²) in [5.41, 5.74) is 1.94. The van der Waals surface area contributed by atoms with E-state index in [0.717, 1.165) is 5.56 Å². The van der Waals surface area contributed by atoms with Crippen LogP contribution >= 0.6 is 0 Å². The van der Waals surface area contributed by atoms with E-state index >= 15 is 0 Å². The van der Waals surface area contributed by atoms with Crippen LogP contribution in [0.25, 0.3) is 0 Å². The number of likely N-dealkylation sites (tertiary alicyclic amines) is 1. The predicted octanol–water partition coefficient (Wildman–Crippen LogP) is 3.11. The number of carbonyl (C=O) groups excluding carboxylic acids is 2. The zero-order chi connectivity index (χ0) is 17.8. The molecule has 0 aliphatic carbocycles. The minimum Gasteiger partial charge on any atom is -0.335 e. The molecule has 2 aromatic rings. The summed E-state index contributed by atoms with van der Waals surface area (Å²) in [6, 6.07) is 18.6. The van der Waals surface area contributed by atoms with Crippen LogP contribution in [-0.4, -0.2) is 23.3 Å². The zero-order valence-corrected chi connectivity index (χ0v) is 14.0. The van der Waals surface area contributed by atoms with Gasteiger partial charge in [-0.3, -0.25) is 9.59 Å². The van der Waals surface area contributed by atoms with Gasteiger partial charge in [-0.15, -0.1) is 0 Å². The van der Waals surface area contributed by atoms with E-state index in [2.05, 4.69) is 11.4 Å². The highest BCUT2D eigenvalue weighted by Gasteiger charge is 2.37. The van der Waals surface area contributed by atoms with Gasteiger partial charge in [-0.25, -0.2) is 0 Å². The number of amides is 2. The molecule has 2 unspecified atom stereocenters. The maximum Gasteiger partial charge on any atom is 0.229 e. The van der Waals surface area contributed by atoms with Crippen molar-refractivity contribution in [1.82, 2.24) is 4.90 Å². The van der Waals surface area contributed by atoms with Crippen molar-refractivity contribution in [2.45, 2.75) is 19.4 Å². The first-order chi connectivity index (χ1) is 12.1. The molecule has 2 aromatic carbocycles. The highest BCUT2D eigenvalue weighted by molar-refractivity contribution is 5.98. The molecule has 1 fully saturated rings. The monoisotopic (exact) mass is 333 g/mol. The second-order valence-corrected chi connectivity index (χ2v) is 6.18. The van der Waals surface area contributed by atoms with E-state index in [1.165, 1.54) is 0 Å². The fourth-order valence-electron chi connectivity index (χ4n) is 3.12. The molecule has 2 amide bonds. The van der Waals surface area contributed by atoms with Crippen molar-refractivity contribution in [3.63, 3.8) is 0 Å². The minimum atomic E-state index is -0.412. The third-order valence-electron chi connectivity index (χ3n) is 4.58. The molecule has 0 spiro atoms. The van der Waals surface area contributed by atoms with Gasteiger partial charge in [0.1, 0.15) is 6.07 Å². The molecule has 2 atom stereocenters. The van der Waals surface area contributed by atoms with Crippen molar-refractivity contribution >= 4 is 17.5 Å². The standard InChI is InChI=1S/C20H19N3O2/c1-14(15-7-3-2-4-8-15)23-13-17(11-19(23)24)20(25)22-18-10-6-5-9-16(18)12-21/h2-10,14,17H,11,13H2,1H3,(H,22,25). The first-order valence-corrected chi connectivity index (χ1v) is 8.24. The van der Waals surface area contributed by atoms with E-state index in [9.17, 15) is 9.59 Å². The topological polar surface area (TPSA) is 73.2 Å².